The fourth-order valence-corrected chi connectivity index (χ4v) is 4.52. The Kier molecular flexibility index (Phi) is 16.8. The molecule has 0 aliphatic rings. The molecule has 0 heterocycles. The van der Waals surface area contributed by atoms with Gasteiger partial charge in [-0.15, -0.1) is 48.5 Å². The number of hydrogen-bond donors (Lipinski definition) is 1. The molecule has 0 unspecified atom stereocenters. The van der Waals surface area contributed by atoms with Crippen molar-refractivity contribution in [2.45, 2.75) is 11.3 Å². The van der Waals surface area contributed by atoms with E-state index >= 15 is 0 Å². The number of carbonyl (C=O) groups is 2. The fourth-order valence-electron chi connectivity index (χ4n) is 3.82. The van der Waals surface area contributed by atoms with E-state index in [0.717, 1.165) is 18.2 Å². The van der Waals surface area contributed by atoms with Crippen LogP contribution < -0.4 is 64.4 Å². The van der Waals surface area contributed by atoms with Gasteiger partial charge in [0.1, 0.15) is 10.1 Å². The Balaban J connectivity index is 0.00000182. The first-order chi connectivity index (χ1) is 21.6. The monoisotopic (exact) mass is 711 g/mol. The van der Waals surface area contributed by atoms with Crippen LogP contribution in [-0.4, -0.2) is 47.1 Å². The molecule has 1 amide bonds. The maximum absolute atomic E-state index is 12.5. The van der Waals surface area contributed by atoms with Crippen LogP contribution in [0, 0.1) is 26.3 Å². The number of rotatable bonds is 10. The molecule has 15 nitrogen and oxygen atoms in total. The van der Waals surface area contributed by atoms with E-state index in [1.54, 1.807) is 18.2 Å². The molecule has 0 radical (unpaired) electrons. The van der Waals surface area contributed by atoms with Crippen molar-refractivity contribution < 1.29 is 104 Å². The zero-order valence-electron chi connectivity index (χ0n) is 25.1. The average Bonchev–Trinajstić information content (AvgIpc) is 3.00. The summed E-state index contributed by atoms with van der Waals surface area (Å²) < 4.78 is 61.2. The van der Waals surface area contributed by atoms with Gasteiger partial charge in [-0.1, -0.05) is 12.1 Å². The van der Waals surface area contributed by atoms with Crippen LogP contribution in [-0.2, 0) is 27.1 Å². The molecule has 1 N–H and O–H groups in total. The van der Waals surface area contributed by atoms with Crippen molar-refractivity contribution in [1.82, 2.24) is 0 Å². The van der Waals surface area contributed by atoms with Crippen LogP contribution in [0.25, 0.3) is 12.2 Å². The quantitative estimate of drug-likeness (QED) is 0.0360. The van der Waals surface area contributed by atoms with Gasteiger partial charge in [0, 0.05) is 47.5 Å². The molecular weight excluding hydrogens is 692 g/mol. The molecule has 19 heteroatoms. The molecule has 0 aliphatic carbocycles. The topological polar surface area (TPSA) is 241 Å². The van der Waals surface area contributed by atoms with E-state index in [2.05, 4.69) is 11.4 Å². The first-order valence-electron chi connectivity index (χ1n) is 12.5. The standard InChI is InChI=1S/C29H20N3O9S.2Na.O3S/c33-27(21-8-13-25(14-9-21)31(35)36)17-20-3-1-19(2-4-20)5-6-22-7-12-24(18-28(22)42(39,40)41)30-29(34)23-10-15-26(16-11-23)32(37)38;;;1-4(2)3/h1,3-16,18H,17H2,(H,30,34)(H,39,40,41);;;/q-1;2*+1;/p-1/b6-5+;;;. The van der Waals surface area contributed by atoms with Gasteiger partial charge in [0.05, 0.1) is 14.7 Å². The molecule has 0 bridgehead atoms. The minimum Gasteiger partial charge on any atom is -0.744 e. The van der Waals surface area contributed by atoms with Crippen molar-refractivity contribution in [3.05, 3.63) is 139 Å². The molecular formula is C29H19N3Na2O12S2. The number of ketones is 1. The van der Waals surface area contributed by atoms with E-state index < -0.39 is 41.4 Å². The molecule has 4 aromatic rings. The number of Topliss-reactive ketones (excluding diaryl/α,β-unsaturated/α-hetero) is 1. The molecule has 0 aromatic heterocycles. The third-order valence-electron chi connectivity index (χ3n) is 5.99. The van der Waals surface area contributed by atoms with E-state index in [0.29, 0.717) is 16.7 Å². The summed E-state index contributed by atoms with van der Waals surface area (Å²) in [5, 5.41) is 24.0. The van der Waals surface area contributed by atoms with Gasteiger partial charge < -0.3 is 9.87 Å². The molecule has 0 spiro atoms. The molecule has 236 valence electrons. The van der Waals surface area contributed by atoms with Crippen molar-refractivity contribution in [2.75, 3.05) is 5.32 Å². The molecule has 48 heavy (non-hydrogen) atoms. The molecule has 0 fully saturated rings. The summed E-state index contributed by atoms with van der Waals surface area (Å²) in [6.07, 6.45) is 2.94. The number of benzene rings is 4. The summed E-state index contributed by atoms with van der Waals surface area (Å²) in [5.41, 5.74) is 1.32. The minimum atomic E-state index is -4.94. The van der Waals surface area contributed by atoms with Crippen LogP contribution in [0.3, 0.4) is 0 Å². The second kappa shape index (κ2) is 19.2. The van der Waals surface area contributed by atoms with Gasteiger partial charge in [-0.3, -0.25) is 29.8 Å². The number of nitro benzene ring substituents is 2. The van der Waals surface area contributed by atoms with E-state index in [-0.39, 0.29) is 99.5 Å². The number of nitrogens with zero attached hydrogens (tertiary/aromatic N) is 2. The summed E-state index contributed by atoms with van der Waals surface area (Å²) in [6.45, 7) is 0. The summed E-state index contributed by atoms with van der Waals surface area (Å²) >= 11 is 0. The molecule has 0 saturated heterocycles. The van der Waals surface area contributed by atoms with Gasteiger partial charge in [0.25, 0.3) is 17.3 Å². The number of amides is 1. The summed E-state index contributed by atoms with van der Waals surface area (Å²) in [4.78, 5) is 44.8. The van der Waals surface area contributed by atoms with Crippen molar-refractivity contribution in [3.63, 3.8) is 0 Å². The van der Waals surface area contributed by atoms with E-state index in [4.69, 9.17) is 12.6 Å². The zero-order chi connectivity index (χ0) is 34.0. The Hall–Kier alpha value is -3.91. The zero-order valence-corrected chi connectivity index (χ0v) is 30.7. The smallest absolute Gasteiger partial charge is 0.744 e. The van der Waals surface area contributed by atoms with E-state index in [9.17, 15) is 42.8 Å². The van der Waals surface area contributed by atoms with Crippen molar-refractivity contribution in [1.29, 1.82) is 0 Å². The Bertz CT molecular complexity index is 2050. The maximum atomic E-state index is 12.5. The molecule has 0 saturated carbocycles. The number of hydrogen-bond acceptors (Lipinski definition) is 12. The van der Waals surface area contributed by atoms with Crippen LogP contribution in [0.1, 0.15) is 37.4 Å². The van der Waals surface area contributed by atoms with Crippen LogP contribution >= 0.6 is 0 Å². The Morgan fingerprint density at radius 2 is 1.31 bits per heavy atom. The molecule has 4 aromatic carbocycles. The van der Waals surface area contributed by atoms with Crippen LogP contribution in [0.4, 0.5) is 17.1 Å². The Morgan fingerprint density at radius 3 is 1.77 bits per heavy atom. The number of non-ortho nitro benzene ring substituents is 2. The van der Waals surface area contributed by atoms with Crippen molar-refractivity contribution in [2.24, 2.45) is 0 Å². The third kappa shape index (κ3) is 12.9. The summed E-state index contributed by atoms with van der Waals surface area (Å²) in [7, 11) is -8.05. The summed E-state index contributed by atoms with van der Waals surface area (Å²) in [5.74, 6) is -0.906. The molecule has 0 atom stereocenters. The van der Waals surface area contributed by atoms with Gasteiger partial charge >= 0.3 is 69.7 Å². The second-order valence-corrected chi connectivity index (χ2v) is 10.8. The van der Waals surface area contributed by atoms with Crippen LogP contribution in [0.2, 0.25) is 0 Å². The van der Waals surface area contributed by atoms with Crippen LogP contribution in [0.15, 0.2) is 89.8 Å². The largest absolute Gasteiger partial charge is 1.00 e. The van der Waals surface area contributed by atoms with Gasteiger partial charge in [-0.2, -0.15) is 5.56 Å². The van der Waals surface area contributed by atoms with E-state index in [1.807, 2.05) is 0 Å². The number of nitrogens with one attached hydrogen (secondary N) is 1. The second-order valence-electron chi connectivity index (χ2n) is 9.06. The Labute approximate surface area is 318 Å². The normalized spacial score (nSPS) is 10.4. The number of anilines is 1. The summed E-state index contributed by atoms with van der Waals surface area (Å²) in [6, 6.07) is 21.6. The first-order valence-corrected chi connectivity index (χ1v) is 14.9. The van der Waals surface area contributed by atoms with Crippen molar-refractivity contribution >= 4 is 61.6 Å². The molecule has 4 rings (SSSR count). The van der Waals surface area contributed by atoms with Gasteiger partial charge in [0.15, 0.2) is 5.78 Å². The van der Waals surface area contributed by atoms with Gasteiger partial charge in [-0.25, -0.2) is 8.42 Å². The molecule has 0 aliphatic heterocycles. The Morgan fingerprint density at radius 1 is 0.792 bits per heavy atom. The minimum absolute atomic E-state index is 0. The average molecular weight is 712 g/mol. The van der Waals surface area contributed by atoms with Gasteiger partial charge in [0.2, 0.25) is 0 Å². The van der Waals surface area contributed by atoms with Crippen LogP contribution in [0.5, 0.6) is 0 Å². The maximum Gasteiger partial charge on any atom is 1.00 e. The predicted octanol–water partition coefficient (Wildman–Crippen LogP) is -1.94. The fraction of sp³-hybridized carbons (Fsp3) is 0.0345. The SMILES string of the molecule is O=C(Cc1c[c-]c(/C=C/c2ccc(NC(=O)c3ccc([N+](=O)[O-])cc3)cc2S(=O)(=O)[O-])cc1)c1ccc([N+](=O)[O-])cc1.O=S(=O)=O.[Na+].[Na+]. The van der Waals surface area contributed by atoms with Gasteiger partial charge in [-0.05, 0) is 42.0 Å². The predicted molar refractivity (Wildman–Crippen MR) is 160 cm³/mol. The first kappa shape index (κ1) is 42.1. The number of carbonyl (C=O) groups excluding carboxylic acids is 2. The number of nitro groups is 2. The third-order valence-corrected chi connectivity index (χ3v) is 6.88. The van der Waals surface area contributed by atoms with Crippen molar-refractivity contribution in [3.8, 4) is 0 Å². The van der Waals surface area contributed by atoms with E-state index in [1.165, 1.54) is 60.7 Å².